The molecule has 0 aliphatic carbocycles. The van der Waals surface area contributed by atoms with Gasteiger partial charge >= 0.3 is 0 Å². The van der Waals surface area contributed by atoms with Gasteiger partial charge in [0, 0.05) is 18.5 Å². The fourth-order valence-corrected chi connectivity index (χ4v) is 1.91. The number of nitro groups is 1. The largest absolute Gasteiger partial charge is 0.469 e. The summed E-state index contributed by atoms with van der Waals surface area (Å²) in [5.41, 5.74) is -0.140. The number of hydrogen-bond acceptors (Lipinski definition) is 4. The van der Waals surface area contributed by atoms with Crippen LogP contribution >= 0.6 is 0 Å². The zero-order valence-electron chi connectivity index (χ0n) is 10.9. The topological polar surface area (TPSA) is 85.4 Å². The monoisotopic (exact) mass is 274 g/mol. The van der Waals surface area contributed by atoms with Gasteiger partial charge in [0.1, 0.15) is 11.3 Å². The van der Waals surface area contributed by atoms with Crippen molar-refractivity contribution in [3.63, 3.8) is 0 Å². The van der Waals surface area contributed by atoms with E-state index in [0.717, 1.165) is 5.76 Å². The van der Waals surface area contributed by atoms with E-state index >= 15 is 0 Å². The lowest BCUT2D eigenvalue weighted by molar-refractivity contribution is -0.385. The predicted octanol–water partition coefficient (Wildman–Crippen LogP) is 2.55. The molecule has 0 spiro atoms. The summed E-state index contributed by atoms with van der Waals surface area (Å²) >= 11 is 0. The summed E-state index contributed by atoms with van der Waals surface area (Å²) < 4.78 is 5.19. The van der Waals surface area contributed by atoms with Crippen molar-refractivity contribution in [3.05, 3.63) is 64.1 Å². The van der Waals surface area contributed by atoms with Crippen LogP contribution in [0.5, 0.6) is 0 Å². The molecule has 0 radical (unpaired) electrons. The molecule has 1 aromatic carbocycles. The minimum atomic E-state index is -0.563. The molecule has 6 nitrogen and oxygen atoms in total. The maximum Gasteiger partial charge on any atom is 0.282 e. The van der Waals surface area contributed by atoms with Crippen molar-refractivity contribution in [1.82, 2.24) is 5.32 Å². The third-order valence-corrected chi connectivity index (χ3v) is 2.81. The number of amides is 1. The first-order chi connectivity index (χ1) is 9.58. The highest BCUT2D eigenvalue weighted by molar-refractivity contribution is 5.98. The van der Waals surface area contributed by atoms with Gasteiger partial charge in [-0.25, -0.2) is 0 Å². The number of benzene rings is 1. The second-order valence-corrected chi connectivity index (χ2v) is 4.43. The molecule has 2 aromatic rings. The Morgan fingerprint density at radius 2 is 2.10 bits per heavy atom. The van der Waals surface area contributed by atoms with Crippen LogP contribution in [0.2, 0.25) is 0 Å². The summed E-state index contributed by atoms with van der Waals surface area (Å²) in [5.74, 6) is 0.289. The number of nitrogens with one attached hydrogen (secondary N) is 1. The molecule has 0 aliphatic heterocycles. The minimum Gasteiger partial charge on any atom is -0.469 e. The van der Waals surface area contributed by atoms with E-state index < -0.39 is 10.8 Å². The molecule has 0 aliphatic rings. The SMILES string of the molecule is C[C@@H](Cc1ccco1)NC(=O)c1ccccc1[N+](=O)[O-]. The summed E-state index contributed by atoms with van der Waals surface area (Å²) in [5, 5.41) is 13.6. The fraction of sp³-hybridized carbons (Fsp3) is 0.214. The Kier molecular flexibility index (Phi) is 4.14. The minimum absolute atomic E-state index is 0.0591. The van der Waals surface area contributed by atoms with Crippen molar-refractivity contribution in [2.75, 3.05) is 0 Å². The molecule has 6 heteroatoms. The van der Waals surface area contributed by atoms with Crippen LogP contribution < -0.4 is 5.32 Å². The molecule has 0 unspecified atom stereocenters. The molecule has 0 fully saturated rings. The van der Waals surface area contributed by atoms with E-state index in [4.69, 9.17) is 4.42 Å². The third-order valence-electron chi connectivity index (χ3n) is 2.81. The zero-order chi connectivity index (χ0) is 14.5. The number of carbonyl (C=O) groups excluding carboxylic acids is 1. The molecule has 104 valence electrons. The third kappa shape index (κ3) is 3.23. The van der Waals surface area contributed by atoms with Crippen LogP contribution in [-0.4, -0.2) is 16.9 Å². The standard InChI is InChI=1S/C14H14N2O4/c1-10(9-11-5-4-8-20-11)15-14(17)12-6-2-3-7-13(12)16(18)19/h2-8,10H,9H2,1H3,(H,15,17)/t10-/m0/s1. The van der Waals surface area contributed by atoms with E-state index in [1.807, 2.05) is 13.0 Å². The molecule has 2 rings (SSSR count). The van der Waals surface area contributed by atoms with E-state index in [1.54, 1.807) is 18.4 Å². The van der Waals surface area contributed by atoms with Crippen molar-refractivity contribution in [3.8, 4) is 0 Å². The number of nitro benzene ring substituents is 1. The molecular formula is C14H14N2O4. The molecule has 1 N–H and O–H groups in total. The number of nitrogens with zero attached hydrogens (tertiary/aromatic N) is 1. The number of furan rings is 1. The first-order valence-corrected chi connectivity index (χ1v) is 6.14. The van der Waals surface area contributed by atoms with Crippen molar-refractivity contribution in [2.24, 2.45) is 0 Å². The van der Waals surface area contributed by atoms with Crippen LogP contribution in [0.4, 0.5) is 5.69 Å². The average Bonchev–Trinajstić information content (AvgIpc) is 2.91. The lowest BCUT2D eigenvalue weighted by Gasteiger charge is -2.12. The van der Waals surface area contributed by atoms with Gasteiger partial charge in [0.2, 0.25) is 0 Å². The quantitative estimate of drug-likeness (QED) is 0.670. The maximum absolute atomic E-state index is 12.1. The average molecular weight is 274 g/mol. The van der Waals surface area contributed by atoms with Gasteiger partial charge in [-0.3, -0.25) is 14.9 Å². The Morgan fingerprint density at radius 3 is 2.75 bits per heavy atom. The summed E-state index contributed by atoms with van der Waals surface area (Å²) in [6.07, 6.45) is 2.09. The number of para-hydroxylation sites is 1. The lowest BCUT2D eigenvalue weighted by Crippen LogP contribution is -2.34. The fourth-order valence-electron chi connectivity index (χ4n) is 1.91. The summed E-state index contributed by atoms with van der Waals surface area (Å²) in [6, 6.07) is 9.27. The van der Waals surface area contributed by atoms with E-state index in [9.17, 15) is 14.9 Å². The number of hydrogen-bond donors (Lipinski definition) is 1. The normalized spacial score (nSPS) is 11.8. The predicted molar refractivity (Wildman–Crippen MR) is 72.4 cm³/mol. The van der Waals surface area contributed by atoms with Crippen LogP contribution in [0.15, 0.2) is 47.1 Å². The Bertz CT molecular complexity index is 607. The van der Waals surface area contributed by atoms with Crippen molar-refractivity contribution >= 4 is 11.6 Å². The van der Waals surface area contributed by atoms with E-state index in [-0.39, 0.29) is 17.3 Å². The van der Waals surface area contributed by atoms with Gasteiger partial charge in [-0.1, -0.05) is 12.1 Å². The first-order valence-electron chi connectivity index (χ1n) is 6.14. The van der Waals surface area contributed by atoms with E-state index in [1.165, 1.54) is 18.2 Å². The van der Waals surface area contributed by atoms with Gasteiger partial charge < -0.3 is 9.73 Å². The summed E-state index contributed by atoms with van der Waals surface area (Å²) in [7, 11) is 0. The van der Waals surface area contributed by atoms with Crippen LogP contribution in [-0.2, 0) is 6.42 Å². The smallest absolute Gasteiger partial charge is 0.282 e. The van der Waals surface area contributed by atoms with Gasteiger partial charge in [-0.15, -0.1) is 0 Å². The molecule has 1 atom stereocenters. The summed E-state index contributed by atoms with van der Waals surface area (Å²) in [6.45, 7) is 1.81. The Labute approximate surface area is 115 Å². The van der Waals surface area contributed by atoms with Gasteiger partial charge in [-0.05, 0) is 25.1 Å². The van der Waals surface area contributed by atoms with Crippen LogP contribution in [0, 0.1) is 10.1 Å². The molecule has 0 bridgehead atoms. The van der Waals surface area contributed by atoms with Gasteiger partial charge in [0.25, 0.3) is 11.6 Å². The molecule has 1 aromatic heterocycles. The van der Waals surface area contributed by atoms with E-state index in [0.29, 0.717) is 6.42 Å². The number of carbonyl (C=O) groups is 1. The van der Waals surface area contributed by atoms with Crippen LogP contribution in [0.25, 0.3) is 0 Å². The van der Waals surface area contributed by atoms with Crippen molar-refractivity contribution in [1.29, 1.82) is 0 Å². The zero-order valence-corrected chi connectivity index (χ0v) is 10.9. The highest BCUT2D eigenvalue weighted by Gasteiger charge is 2.20. The molecular weight excluding hydrogens is 260 g/mol. The lowest BCUT2D eigenvalue weighted by atomic mass is 10.1. The molecule has 0 saturated heterocycles. The second-order valence-electron chi connectivity index (χ2n) is 4.43. The van der Waals surface area contributed by atoms with Crippen LogP contribution in [0.3, 0.4) is 0 Å². The summed E-state index contributed by atoms with van der Waals surface area (Å²) in [4.78, 5) is 22.4. The van der Waals surface area contributed by atoms with Crippen LogP contribution in [0.1, 0.15) is 23.0 Å². The van der Waals surface area contributed by atoms with Crippen molar-refractivity contribution in [2.45, 2.75) is 19.4 Å². The Balaban J connectivity index is 2.06. The highest BCUT2D eigenvalue weighted by Crippen LogP contribution is 2.17. The molecule has 1 heterocycles. The second kappa shape index (κ2) is 6.01. The molecule has 20 heavy (non-hydrogen) atoms. The molecule has 1 amide bonds. The van der Waals surface area contributed by atoms with E-state index in [2.05, 4.69) is 5.32 Å². The maximum atomic E-state index is 12.1. The Morgan fingerprint density at radius 1 is 1.35 bits per heavy atom. The number of rotatable bonds is 5. The molecule has 0 saturated carbocycles. The van der Waals surface area contributed by atoms with Gasteiger partial charge in [0.15, 0.2) is 0 Å². The van der Waals surface area contributed by atoms with Gasteiger partial charge in [0.05, 0.1) is 11.2 Å². The first kappa shape index (κ1) is 13.8. The highest BCUT2D eigenvalue weighted by atomic mass is 16.6. The Hall–Kier alpha value is -2.63. The van der Waals surface area contributed by atoms with Crippen molar-refractivity contribution < 1.29 is 14.1 Å². The van der Waals surface area contributed by atoms with Gasteiger partial charge in [-0.2, -0.15) is 0 Å².